The zero-order chi connectivity index (χ0) is 11.5. The van der Waals surface area contributed by atoms with Crippen LogP contribution in [0.15, 0.2) is 34.8 Å². The van der Waals surface area contributed by atoms with E-state index in [1.54, 1.807) is 0 Å². The monoisotopic (exact) mass is 279 g/mol. The lowest BCUT2D eigenvalue weighted by molar-refractivity contribution is 0.712. The van der Waals surface area contributed by atoms with E-state index in [0.29, 0.717) is 0 Å². The van der Waals surface area contributed by atoms with Gasteiger partial charge >= 0.3 is 0 Å². The number of aromatic nitrogens is 2. The van der Waals surface area contributed by atoms with Gasteiger partial charge in [-0.05, 0) is 35.0 Å². The molecule has 84 valence electrons. The van der Waals surface area contributed by atoms with Gasteiger partial charge in [0.1, 0.15) is 0 Å². The molecule has 0 atom stereocenters. The quantitative estimate of drug-likeness (QED) is 0.936. The van der Waals surface area contributed by atoms with Crippen molar-refractivity contribution in [3.8, 4) is 0 Å². The molecule has 1 aromatic heterocycles. The van der Waals surface area contributed by atoms with Gasteiger partial charge in [0, 0.05) is 12.7 Å². The Kier molecular flexibility index (Phi) is 3.29. The molecule has 0 radical (unpaired) electrons. The van der Waals surface area contributed by atoms with Crippen molar-refractivity contribution in [2.75, 3.05) is 5.32 Å². The number of aryl methyl sites for hydroxylation is 2. The predicted molar refractivity (Wildman–Crippen MR) is 69.4 cm³/mol. The van der Waals surface area contributed by atoms with Crippen molar-refractivity contribution >= 4 is 21.6 Å². The summed E-state index contributed by atoms with van der Waals surface area (Å²) in [6.45, 7) is 2.76. The van der Waals surface area contributed by atoms with E-state index in [1.807, 2.05) is 36.9 Å². The lowest BCUT2D eigenvalue weighted by atomic mass is 10.3. The van der Waals surface area contributed by atoms with Crippen molar-refractivity contribution in [2.24, 2.45) is 7.05 Å². The van der Waals surface area contributed by atoms with E-state index in [2.05, 4.69) is 38.5 Å². The van der Waals surface area contributed by atoms with Gasteiger partial charge in [0.15, 0.2) is 0 Å². The van der Waals surface area contributed by atoms with Gasteiger partial charge in [-0.15, -0.1) is 0 Å². The maximum absolute atomic E-state index is 4.35. The van der Waals surface area contributed by atoms with E-state index in [4.69, 9.17) is 0 Å². The van der Waals surface area contributed by atoms with Crippen molar-refractivity contribution in [2.45, 2.75) is 13.5 Å². The average Bonchev–Trinajstić information content (AvgIpc) is 2.53. The molecule has 0 saturated carbocycles. The number of nitrogens with one attached hydrogen (secondary N) is 1. The second-order valence-electron chi connectivity index (χ2n) is 3.69. The van der Waals surface area contributed by atoms with Crippen LogP contribution in [0.25, 0.3) is 0 Å². The minimum atomic E-state index is 0.766. The maximum atomic E-state index is 4.35. The van der Waals surface area contributed by atoms with E-state index in [0.717, 1.165) is 28.1 Å². The first-order valence-electron chi connectivity index (χ1n) is 5.15. The molecule has 2 aromatic rings. The highest BCUT2D eigenvalue weighted by Gasteiger charge is 2.09. The first kappa shape index (κ1) is 11.2. The molecule has 1 heterocycles. The molecular weight excluding hydrogens is 266 g/mol. The van der Waals surface area contributed by atoms with E-state index < -0.39 is 0 Å². The first-order chi connectivity index (χ1) is 7.68. The third kappa shape index (κ3) is 2.27. The fourth-order valence-electron chi connectivity index (χ4n) is 1.61. The molecule has 2 rings (SSSR count). The Balaban J connectivity index is 2.11. The van der Waals surface area contributed by atoms with Gasteiger partial charge in [-0.25, -0.2) is 0 Å². The Bertz CT molecular complexity index is 477. The molecule has 16 heavy (non-hydrogen) atoms. The summed E-state index contributed by atoms with van der Waals surface area (Å²) in [6.07, 6.45) is 0. The van der Waals surface area contributed by atoms with Gasteiger partial charge in [0.05, 0.1) is 22.4 Å². The van der Waals surface area contributed by atoms with E-state index >= 15 is 0 Å². The molecule has 0 spiro atoms. The van der Waals surface area contributed by atoms with Crippen LogP contribution in [-0.4, -0.2) is 9.78 Å². The number of anilines is 1. The number of nitrogens with zero attached hydrogens (tertiary/aromatic N) is 2. The summed E-state index contributed by atoms with van der Waals surface area (Å²) in [5.41, 5.74) is 3.29. The Morgan fingerprint density at radius 2 is 2.00 bits per heavy atom. The minimum absolute atomic E-state index is 0.766. The summed E-state index contributed by atoms with van der Waals surface area (Å²) >= 11 is 3.55. The molecule has 0 aliphatic carbocycles. The standard InChI is InChI=1S/C12H14BrN3/c1-9-12(13)11(16(2)15-9)8-14-10-6-4-3-5-7-10/h3-7,14H,8H2,1-2H3. The van der Waals surface area contributed by atoms with Gasteiger partial charge in [-0.3, -0.25) is 4.68 Å². The third-order valence-corrected chi connectivity index (χ3v) is 3.53. The molecule has 0 unspecified atom stereocenters. The Labute approximate surface area is 104 Å². The van der Waals surface area contributed by atoms with Crippen LogP contribution in [0, 0.1) is 6.92 Å². The molecular formula is C12H14BrN3. The van der Waals surface area contributed by atoms with Crippen LogP contribution in [0.5, 0.6) is 0 Å². The third-order valence-electron chi connectivity index (χ3n) is 2.50. The van der Waals surface area contributed by atoms with Crippen LogP contribution in [-0.2, 0) is 13.6 Å². The second kappa shape index (κ2) is 4.70. The lowest BCUT2D eigenvalue weighted by Gasteiger charge is -2.06. The number of hydrogen-bond acceptors (Lipinski definition) is 2. The SMILES string of the molecule is Cc1nn(C)c(CNc2ccccc2)c1Br. The summed E-state index contributed by atoms with van der Waals surface area (Å²) in [4.78, 5) is 0. The summed E-state index contributed by atoms with van der Waals surface area (Å²) in [5, 5.41) is 7.72. The van der Waals surface area contributed by atoms with E-state index in [1.165, 1.54) is 0 Å². The predicted octanol–water partition coefficient (Wildman–Crippen LogP) is 3.10. The van der Waals surface area contributed by atoms with Gasteiger partial charge in [0.2, 0.25) is 0 Å². The normalized spacial score (nSPS) is 10.4. The summed E-state index contributed by atoms with van der Waals surface area (Å²) < 4.78 is 2.98. The zero-order valence-corrected chi connectivity index (χ0v) is 11.0. The van der Waals surface area contributed by atoms with Gasteiger partial charge in [-0.1, -0.05) is 18.2 Å². The fraction of sp³-hybridized carbons (Fsp3) is 0.250. The van der Waals surface area contributed by atoms with Crippen LogP contribution in [0.3, 0.4) is 0 Å². The highest BCUT2D eigenvalue weighted by molar-refractivity contribution is 9.10. The molecule has 0 saturated heterocycles. The number of hydrogen-bond donors (Lipinski definition) is 1. The summed E-state index contributed by atoms with van der Waals surface area (Å²) in [7, 11) is 1.96. The smallest absolute Gasteiger partial charge is 0.0739 e. The van der Waals surface area contributed by atoms with Gasteiger partial charge < -0.3 is 5.32 Å². The van der Waals surface area contributed by atoms with E-state index in [9.17, 15) is 0 Å². The van der Waals surface area contributed by atoms with Crippen molar-refractivity contribution in [3.63, 3.8) is 0 Å². The van der Waals surface area contributed by atoms with Crippen molar-refractivity contribution in [3.05, 3.63) is 46.2 Å². The highest BCUT2D eigenvalue weighted by Crippen LogP contribution is 2.21. The van der Waals surface area contributed by atoms with Crippen molar-refractivity contribution in [1.82, 2.24) is 9.78 Å². The van der Waals surface area contributed by atoms with Gasteiger partial charge in [0.25, 0.3) is 0 Å². The van der Waals surface area contributed by atoms with Crippen LogP contribution >= 0.6 is 15.9 Å². The molecule has 4 heteroatoms. The zero-order valence-electron chi connectivity index (χ0n) is 9.37. The number of halogens is 1. The molecule has 0 aliphatic heterocycles. The largest absolute Gasteiger partial charge is 0.379 e. The van der Waals surface area contributed by atoms with Crippen LogP contribution in [0.2, 0.25) is 0 Å². The Hall–Kier alpha value is -1.29. The van der Waals surface area contributed by atoms with Crippen LogP contribution in [0.4, 0.5) is 5.69 Å². The maximum Gasteiger partial charge on any atom is 0.0739 e. The number of para-hydroxylation sites is 1. The fourth-order valence-corrected chi connectivity index (χ4v) is 2.09. The lowest BCUT2D eigenvalue weighted by Crippen LogP contribution is -2.05. The van der Waals surface area contributed by atoms with E-state index in [-0.39, 0.29) is 0 Å². The summed E-state index contributed by atoms with van der Waals surface area (Å²) in [6, 6.07) is 10.2. The highest BCUT2D eigenvalue weighted by atomic mass is 79.9. The number of benzene rings is 1. The molecule has 1 aromatic carbocycles. The minimum Gasteiger partial charge on any atom is -0.379 e. The Morgan fingerprint density at radius 3 is 2.56 bits per heavy atom. The molecule has 0 amide bonds. The van der Waals surface area contributed by atoms with Gasteiger partial charge in [-0.2, -0.15) is 5.10 Å². The first-order valence-corrected chi connectivity index (χ1v) is 5.94. The van der Waals surface area contributed by atoms with Crippen molar-refractivity contribution < 1.29 is 0 Å². The second-order valence-corrected chi connectivity index (χ2v) is 4.48. The molecule has 0 aliphatic rings. The molecule has 0 fully saturated rings. The van der Waals surface area contributed by atoms with Crippen LogP contribution < -0.4 is 5.32 Å². The Morgan fingerprint density at radius 1 is 1.31 bits per heavy atom. The molecule has 1 N–H and O–H groups in total. The molecule has 3 nitrogen and oxygen atoms in total. The molecule has 0 bridgehead atoms. The van der Waals surface area contributed by atoms with Crippen molar-refractivity contribution in [1.29, 1.82) is 0 Å². The average molecular weight is 280 g/mol. The van der Waals surface area contributed by atoms with Crippen LogP contribution in [0.1, 0.15) is 11.4 Å². The topological polar surface area (TPSA) is 29.9 Å². The number of rotatable bonds is 3. The summed E-state index contributed by atoms with van der Waals surface area (Å²) in [5.74, 6) is 0.